The van der Waals surface area contributed by atoms with Crippen molar-refractivity contribution in [1.29, 1.82) is 0 Å². The summed E-state index contributed by atoms with van der Waals surface area (Å²) < 4.78 is 32.0. The Morgan fingerprint density at radius 1 is 1.17 bits per heavy atom. The number of aryl methyl sites for hydroxylation is 1. The summed E-state index contributed by atoms with van der Waals surface area (Å²) >= 11 is 6.36. The Bertz CT molecular complexity index is 1200. The fourth-order valence-electron chi connectivity index (χ4n) is 4.37. The number of benzene rings is 2. The summed E-state index contributed by atoms with van der Waals surface area (Å²) in [5, 5.41) is 3.50. The largest absolute Gasteiger partial charge is 0.495 e. The first-order valence-corrected chi connectivity index (χ1v) is 14.2. The number of hydrogen-bond donors (Lipinski definition) is 1. The van der Waals surface area contributed by atoms with Crippen molar-refractivity contribution >= 4 is 39.1 Å². The van der Waals surface area contributed by atoms with Gasteiger partial charge in [-0.3, -0.25) is 13.9 Å². The number of ether oxygens (including phenoxy) is 1. The van der Waals surface area contributed by atoms with Crippen LogP contribution in [0.2, 0.25) is 5.02 Å². The highest BCUT2D eigenvalue weighted by molar-refractivity contribution is 7.92. The molecule has 1 aliphatic carbocycles. The minimum atomic E-state index is -3.86. The van der Waals surface area contributed by atoms with Crippen molar-refractivity contribution in [3.63, 3.8) is 0 Å². The molecule has 2 aromatic rings. The highest BCUT2D eigenvalue weighted by atomic mass is 35.5. The molecule has 2 aromatic carbocycles. The number of nitrogens with one attached hydrogen (secondary N) is 1. The molecule has 0 heterocycles. The number of nitrogens with zero attached hydrogens (tertiary/aromatic N) is 2. The van der Waals surface area contributed by atoms with Gasteiger partial charge in [0, 0.05) is 17.6 Å². The second kappa shape index (κ2) is 12.0. The molecule has 1 aliphatic rings. The fraction of sp³-hybridized carbons (Fsp3) is 0.462. The number of carbonyl (C=O) groups is 2. The zero-order chi connectivity index (χ0) is 26.5. The third-order valence-corrected chi connectivity index (χ3v) is 7.94. The molecular formula is C26H34ClN3O5S. The molecule has 0 bridgehead atoms. The van der Waals surface area contributed by atoms with Crippen molar-refractivity contribution in [2.24, 2.45) is 0 Å². The highest BCUT2D eigenvalue weighted by Gasteiger charge is 2.32. The lowest BCUT2D eigenvalue weighted by atomic mass is 10.1. The van der Waals surface area contributed by atoms with E-state index in [0.29, 0.717) is 16.3 Å². The molecule has 196 valence electrons. The smallest absolute Gasteiger partial charge is 0.244 e. The molecule has 0 unspecified atom stereocenters. The van der Waals surface area contributed by atoms with Crippen LogP contribution in [0.15, 0.2) is 42.5 Å². The van der Waals surface area contributed by atoms with Gasteiger partial charge in [0.15, 0.2) is 0 Å². The predicted octanol–water partition coefficient (Wildman–Crippen LogP) is 3.90. The van der Waals surface area contributed by atoms with E-state index in [-0.39, 0.29) is 24.2 Å². The summed E-state index contributed by atoms with van der Waals surface area (Å²) in [6.45, 7) is 3.03. The van der Waals surface area contributed by atoms with Crippen molar-refractivity contribution in [1.82, 2.24) is 10.2 Å². The second-order valence-electron chi connectivity index (χ2n) is 9.22. The van der Waals surface area contributed by atoms with Crippen LogP contribution >= 0.6 is 11.6 Å². The van der Waals surface area contributed by atoms with Gasteiger partial charge in [-0.1, -0.05) is 48.7 Å². The van der Waals surface area contributed by atoms with Gasteiger partial charge in [-0.15, -0.1) is 0 Å². The van der Waals surface area contributed by atoms with Crippen molar-refractivity contribution < 1.29 is 22.7 Å². The molecule has 1 atom stereocenters. The lowest BCUT2D eigenvalue weighted by Crippen LogP contribution is -2.52. The third kappa shape index (κ3) is 6.91. The van der Waals surface area contributed by atoms with Crippen LogP contribution in [-0.2, 0) is 26.2 Å². The average Bonchev–Trinajstić information content (AvgIpc) is 3.33. The van der Waals surface area contributed by atoms with Crippen LogP contribution in [0.1, 0.15) is 43.7 Å². The normalized spacial score (nSPS) is 14.8. The van der Waals surface area contributed by atoms with Gasteiger partial charge < -0.3 is 15.0 Å². The van der Waals surface area contributed by atoms with E-state index in [0.717, 1.165) is 41.8 Å². The molecule has 0 aromatic heterocycles. The molecule has 1 N–H and O–H groups in total. The Hall–Kier alpha value is -2.78. The zero-order valence-electron chi connectivity index (χ0n) is 21.2. The standard InChI is InChI=1S/C26H34ClN3O5S/c1-18-13-14-24(35-3)23(15-18)30(36(4,33)34)17-25(31)29(16-20-9-5-8-12-22(20)27)19(2)26(32)28-21-10-6-7-11-21/h5,8-9,12-15,19,21H,6-7,10-11,16-17H2,1-4H3,(H,28,32)/t19-/m0/s1. The lowest BCUT2D eigenvalue weighted by molar-refractivity contribution is -0.139. The molecule has 0 aliphatic heterocycles. The van der Waals surface area contributed by atoms with Crippen LogP contribution in [0, 0.1) is 6.92 Å². The Labute approximate surface area is 218 Å². The van der Waals surface area contributed by atoms with Gasteiger partial charge in [-0.2, -0.15) is 0 Å². The maximum absolute atomic E-state index is 13.7. The maximum Gasteiger partial charge on any atom is 0.244 e. The van der Waals surface area contributed by atoms with E-state index in [1.807, 2.05) is 6.92 Å². The number of rotatable bonds is 10. The van der Waals surface area contributed by atoms with Crippen LogP contribution < -0.4 is 14.4 Å². The molecule has 0 saturated heterocycles. The summed E-state index contributed by atoms with van der Waals surface area (Å²) in [5.41, 5.74) is 1.73. The summed E-state index contributed by atoms with van der Waals surface area (Å²) in [6.07, 6.45) is 4.97. The van der Waals surface area contributed by atoms with Crippen molar-refractivity contribution in [3.8, 4) is 5.75 Å². The van der Waals surface area contributed by atoms with E-state index in [1.54, 1.807) is 49.4 Å². The van der Waals surface area contributed by atoms with Gasteiger partial charge >= 0.3 is 0 Å². The first kappa shape index (κ1) is 27.8. The summed E-state index contributed by atoms with van der Waals surface area (Å²) in [5.74, 6) is -0.483. The second-order valence-corrected chi connectivity index (χ2v) is 11.5. The first-order chi connectivity index (χ1) is 17.0. The SMILES string of the molecule is COc1ccc(C)cc1N(CC(=O)N(Cc1ccccc1Cl)[C@@H](C)C(=O)NC1CCCC1)S(C)(=O)=O. The molecule has 1 saturated carbocycles. The number of sulfonamides is 1. The molecule has 10 heteroatoms. The van der Waals surface area contributed by atoms with E-state index in [4.69, 9.17) is 16.3 Å². The van der Waals surface area contributed by atoms with Crippen LogP contribution in [0.25, 0.3) is 0 Å². The topological polar surface area (TPSA) is 96.0 Å². The summed E-state index contributed by atoms with van der Waals surface area (Å²) in [4.78, 5) is 28.2. The van der Waals surface area contributed by atoms with Crippen LogP contribution in [-0.4, -0.2) is 57.1 Å². The Morgan fingerprint density at radius 3 is 2.44 bits per heavy atom. The van der Waals surface area contributed by atoms with E-state index < -0.39 is 28.5 Å². The minimum absolute atomic E-state index is 0.0559. The van der Waals surface area contributed by atoms with E-state index >= 15 is 0 Å². The van der Waals surface area contributed by atoms with Crippen molar-refractivity contribution in [3.05, 3.63) is 58.6 Å². The summed E-state index contributed by atoms with van der Waals surface area (Å²) in [7, 11) is -2.42. The van der Waals surface area contributed by atoms with Crippen LogP contribution in [0.5, 0.6) is 5.75 Å². The molecule has 3 rings (SSSR count). The predicted molar refractivity (Wildman–Crippen MR) is 142 cm³/mol. The first-order valence-electron chi connectivity index (χ1n) is 12.0. The molecular weight excluding hydrogens is 502 g/mol. The number of halogens is 1. The lowest BCUT2D eigenvalue weighted by Gasteiger charge is -2.32. The average molecular weight is 536 g/mol. The monoisotopic (exact) mass is 535 g/mol. The quantitative estimate of drug-likeness (QED) is 0.498. The maximum atomic E-state index is 13.7. The van der Waals surface area contributed by atoms with Crippen LogP contribution in [0.4, 0.5) is 5.69 Å². The molecule has 2 amide bonds. The van der Waals surface area contributed by atoms with Crippen molar-refractivity contribution in [2.75, 3.05) is 24.2 Å². The minimum Gasteiger partial charge on any atom is -0.495 e. The number of methoxy groups -OCH3 is 1. The Balaban J connectivity index is 1.94. The highest BCUT2D eigenvalue weighted by Crippen LogP contribution is 2.31. The summed E-state index contributed by atoms with van der Waals surface area (Å²) in [6, 6.07) is 11.4. The van der Waals surface area contributed by atoms with E-state index in [2.05, 4.69) is 5.32 Å². The molecule has 8 nitrogen and oxygen atoms in total. The number of amides is 2. The molecule has 1 fully saturated rings. The Kier molecular flexibility index (Phi) is 9.24. The number of carbonyl (C=O) groups excluding carboxylic acids is 2. The van der Waals surface area contributed by atoms with E-state index in [1.165, 1.54) is 12.0 Å². The van der Waals surface area contributed by atoms with E-state index in [9.17, 15) is 18.0 Å². The number of hydrogen-bond acceptors (Lipinski definition) is 5. The van der Waals surface area contributed by atoms with Gasteiger partial charge in [0.05, 0.1) is 19.1 Å². The fourth-order valence-corrected chi connectivity index (χ4v) is 5.41. The van der Waals surface area contributed by atoms with Gasteiger partial charge in [-0.25, -0.2) is 8.42 Å². The number of anilines is 1. The molecule has 0 radical (unpaired) electrons. The molecule has 36 heavy (non-hydrogen) atoms. The van der Waals surface area contributed by atoms with Gasteiger partial charge in [0.2, 0.25) is 21.8 Å². The van der Waals surface area contributed by atoms with Gasteiger partial charge in [-0.05, 0) is 56.0 Å². The van der Waals surface area contributed by atoms with Crippen LogP contribution in [0.3, 0.4) is 0 Å². The molecule has 0 spiro atoms. The van der Waals surface area contributed by atoms with Gasteiger partial charge in [0.25, 0.3) is 0 Å². The van der Waals surface area contributed by atoms with Crippen molar-refractivity contribution in [2.45, 2.75) is 58.2 Å². The Morgan fingerprint density at radius 2 is 1.83 bits per heavy atom. The zero-order valence-corrected chi connectivity index (χ0v) is 22.7. The third-order valence-electron chi connectivity index (χ3n) is 6.45. The van der Waals surface area contributed by atoms with Gasteiger partial charge in [0.1, 0.15) is 18.3 Å².